The number of rotatable bonds is 7. The number of hydrogen-bond acceptors (Lipinski definition) is 6. The molecule has 0 saturated carbocycles. The number of nitrogens with zero attached hydrogens (tertiary/aromatic N) is 2. The van der Waals surface area contributed by atoms with Crippen LogP contribution in [0.1, 0.15) is 26.7 Å². The molecule has 0 aliphatic carbocycles. The second kappa shape index (κ2) is 11.8. The normalized spacial score (nSPS) is 15.5. The van der Waals surface area contributed by atoms with Crippen molar-refractivity contribution in [3.8, 4) is 17.2 Å². The van der Waals surface area contributed by atoms with Gasteiger partial charge in [-0.15, -0.1) is 0 Å². The number of ether oxygens (including phenoxy) is 3. The van der Waals surface area contributed by atoms with Gasteiger partial charge < -0.3 is 24.1 Å². The number of fused-ring (bicyclic) bond motifs is 2. The van der Waals surface area contributed by atoms with Crippen LogP contribution in [0.4, 0.5) is 5.69 Å². The number of aromatic nitrogens is 1. The van der Waals surface area contributed by atoms with Crippen molar-refractivity contribution in [2.75, 3.05) is 57.4 Å². The third-order valence-corrected chi connectivity index (χ3v) is 6.09. The van der Waals surface area contributed by atoms with E-state index in [0.717, 1.165) is 79.4 Å². The van der Waals surface area contributed by atoms with Crippen LogP contribution in [0.3, 0.4) is 0 Å². The van der Waals surface area contributed by atoms with Gasteiger partial charge in [-0.05, 0) is 55.1 Å². The van der Waals surface area contributed by atoms with Gasteiger partial charge in [-0.1, -0.05) is 19.9 Å². The van der Waals surface area contributed by atoms with E-state index in [-0.39, 0.29) is 5.56 Å². The van der Waals surface area contributed by atoms with Gasteiger partial charge in [0.05, 0.1) is 17.8 Å². The Morgan fingerprint density at radius 2 is 1.74 bits per heavy atom. The predicted molar refractivity (Wildman–Crippen MR) is 137 cm³/mol. The Hall–Kier alpha value is -3.19. The fourth-order valence-electron chi connectivity index (χ4n) is 4.37. The standard InChI is InChI=1S/C25H29N3O4.C2H6/c29-24-9-7-19-6-8-20(18-21(19)26-24)30-15-2-1-10-27-11-13-28(14-12-27)22-4-3-5-23-25(22)32-17-16-31-23;1-2/h3-9,18H,1-2,10-17H2,(H,26,29);1-2H3. The molecule has 1 fully saturated rings. The van der Waals surface area contributed by atoms with Crippen LogP contribution in [0.25, 0.3) is 10.9 Å². The minimum absolute atomic E-state index is 0.0947. The summed E-state index contributed by atoms with van der Waals surface area (Å²) in [6, 6.07) is 15.3. The smallest absolute Gasteiger partial charge is 0.248 e. The molecule has 3 aromatic rings. The monoisotopic (exact) mass is 465 g/mol. The maximum atomic E-state index is 11.5. The highest BCUT2D eigenvalue weighted by Gasteiger charge is 2.23. The van der Waals surface area contributed by atoms with Gasteiger partial charge in [-0.3, -0.25) is 9.69 Å². The zero-order valence-corrected chi connectivity index (χ0v) is 20.2. The third kappa shape index (κ3) is 5.83. The molecule has 1 saturated heterocycles. The molecule has 0 radical (unpaired) electrons. The summed E-state index contributed by atoms with van der Waals surface area (Å²) in [4.78, 5) is 19.3. The van der Waals surface area contributed by atoms with Crippen LogP contribution in [-0.2, 0) is 0 Å². The van der Waals surface area contributed by atoms with Crippen molar-refractivity contribution >= 4 is 16.6 Å². The number of benzene rings is 2. The van der Waals surface area contributed by atoms with Crippen LogP contribution < -0.4 is 24.7 Å². The topological polar surface area (TPSA) is 67.0 Å². The van der Waals surface area contributed by atoms with E-state index in [0.29, 0.717) is 19.8 Å². The lowest BCUT2D eigenvalue weighted by molar-refractivity contribution is 0.171. The summed E-state index contributed by atoms with van der Waals surface area (Å²) in [6.45, 7) is 11.1. The van der Waals surface area contributed by atoms with Crippen LogP contribution in [-0.4, -0.2) is 62.4 Å². The van der Waals surface area contributed by atoms with Gasteiger partial charge in [0.25, 0.3) is 0 Å². The first-order chi connectivity index (χ1) is 16.8. The molecule has 1 N–H and O–H groups in total. The number of pyridine rings is 1. The summed E-state index contributed by atoms with van der Waals surface area (Å²) in [5.41, 5.74) is 1.86. The number of hydrogen-bond donors (Lipinski definition) is 1. The van der Waals surface area contributed by atoms with Crippen LogP contribution in [0.2, 0.25) is 0 Å². The van der Waals surface area contributed by atoms with Crippen molar-refractivity contribution in [3.05, 3.63) is 58.9 Å². The Labute approximate surface area is 201 Å². The van der Waals surface area contributed by atoms with Gasteiger partial charge in [-0.2, -0.15) is 0 Å². The van der Waals surface area contributed by atoms with E-state index in [2.05, 4.69) is 20.9 Å². The summed E-state index contributed by atoms with van der Waals surface area (Å²) >= 11 is 0. The molecule has 0 atom stereocenters. The number of piperazine rings is 1. The Bertz CT molecular complexity index is 1120. The van der Waals surface area contributed by atoms with Gasteiger partial charge in [0, 0.05) is 38.3 Å². The van der Waals surface area contributed by atoms with Crippen molar-refractivity contribution < 1.29 is 14.2 Å². The number of para-hydroxylation sites is 1. The molecule has 5 rings (SSSR count). The Balaban J connectivity index is 0.00000133. The van der Waals surface area contributed by atoms with E-state index in [1.54, 1.807) is 6.07 Å². The van der Waals surface area contributed by atoms with Gasteiger partial charge >= 0.3 is 0 Å². The summed E-state index contributed by atoms with van der Waals surface area (Å²) in [6.07, 6.45) is 2.10. The highest BCUT2D eigenvalue weighted by atomic mass is 16.6. The van der Waals surface area contributed by atoms with Crippen LogP contribution in [0.15, 0.2) is 53.3 Å². The second-order valence-corrected chi connectivity index (χ2v) is 8.26. The lowest BCUT2D eigenvalue weighted by Gasteiger charge is -2.37. The highest BCUT2D eigenvalue weighted by Crippen LogP contribution is 2.39. The molecule has 1 aromatic heterocycles. The number of unbranched alkanes of at least 4 members (excludes halogenated alkanes) is 1. The highest BCUT2D eigenvalue weighted by molar-refractivity contribution is 5.79. The van der Waals surface area contributed by atoms with E-state index in [4.69, 9.17) is 14.2 Å². The average Bonchev–Trinajstić information content (AvgIpc) is 2.89. The molecular weight excluding hydrogens is 430 g/mol. The summed E-state index contributed by atoms with van der Waals surface area (Å²) in [7, 11) is 0. The molecule has 0 spiro atoms. The molecule has 7 heteroatoms. The Morgan fingerprint density at radius 1 is 0.941 bits per heavy atom. The molecule has 2 aliphatic rings. The summed E-state index contributed by atoms with van der Waals surface area (Å²) in [5, 5.41) is 1.01. The Kier molecular flexibility index (Phi) is 8.31. The maximum absolute atomic E-state index is 11.5. The van der Waals surface area contributed by atoms with Crippen LogP contribution >= 0.6 is 0 Å². The van der Waals surface area contributed by atoms with Gasteiger partial charge in [0.2, 0.25) is 5.56 Å². The number of aromatic amines is 1. The van der Waals surface area contributed by atoms with E-state index < -0.39 is 0 Å². The molecule has 0 unspecified atom stereocenters. The van der Waals surface area contributed by atoms with Gasteiger partial charge in [0.15, 0.2) is 11.5 Å². The second-order valence-electron chi connectivity index (χ2n) is 8.26. The summed E-state index contributed by atoms with van der Waals surface area (Å²) < 4.78 is 17.5. The van der Waals surface area contributed by atoms with E-state index in [1.165, 1.54) is 0 Å². The molecular formula is C27H35N3O4. The minimum atomic E-state index is -0.0947. The molecule has 7 nitrogen and oxygen atoms in total. The quantitative estimate of drug-likeness (QED) is 0.525. The minimum Gasteiger partial charge on any atom is -0.494 e. The maximum Gasteiger partial charge on any atom is 0.248 e. The van der Waals surface area contributed by atoms with Crippen molar-refractivity contribution in [1.29, 1.82) is 0 Å². The van der Waals surface area contributed by atoms with Crippen molar-refractivity contribution in [2.45, 2.75) is 26.7 Å². The first-order valence-electron chi connectivity index (χ1n) is 12.4. The lowest BCUT2D eigenvalue weighted by atomic mass is 10.2. The largest absolute Gasteiger partial charge is 0.494 e. The number of nitrogens with one attached hydrogen (secondary N) is 1. The zero-order chi connectivity index (χ0) is 23.8. The van der Waals surface area contributed by atoms with Crippen LogP contribution in [0.5, 0.6) is 17.2 Å². The fraction of sp³-hybridized carbons (Fsp3) is 0.444. The van der Waals surface area contributed by atoms with Crippen molar-refractivity contribution in [3.63, 3.8) is 0 Å². The van der Waals surface area contributed by atoms with Gasteiger partial charge in [-0.25, -0.2) is 0 Å². The van der Waals surface area contributed by atoms with Crippen molar-refractivity contribution in [2.24, 2.45) is 0 Å². The molecule has 2 aliphatic heterocycles. The first-order valence-corrected chi connectivity index (χ1v) is 12.4. The van der Waals surface area contributed by atoms with Gasteiger partial charge in [0.1, 0.15) is 19.0 Å². The number of H-pyrrole nitrogens is 1. The molecule has 0 bridgehead atoms. The Morgan fingerprint density at radius 3 is 2.59 bits per heavy atom. The first kappa shape index (κ1) is 24.0. The molecule has 3 heterocycles. The third-order valence-electron chi connectivity index (χ3n) is 6.09. The molecule has 0 amide bonds. The summed E-state index contributed by atoms with van der Waals surface area (Å²) in [5.74, 6) is 2.54. The fourth-order valence-corrected chi connectivity index (χ4v) is 4.37. The van der Waals surface area contributed by atoms with Crippen LogP contribution in [0, 0.1) is 0 Å². The molecule has 34 heavy (non-hydrogen) atoms. The van der Waals surface area contributed by atoms with Crippen molar-refractivity contribution in [1.82, 2.24) is 9.88 Å². The lowest BCUT2D eigenvalue weighted by Crippen LogP contribution is -2.46. The SMILES string of the molecule is CC.O=c1ccc2ccc(OCCCCN3CCN(c4cccc5c4OCCO5)CC3)cc2[nH]1. The molecule has 2 aromatic carbocycles. The van der Waals surface area contributed by atoms with E-state index in [9.17, 15) is 4.79 Å². The number of anilines is 1. The predicted octanol–water partition coefficient (Wildman–Crippen LogP) is 4.31. The zero-order valence-electron chi connectivity index (χ0n) is 20.2. The van der Waals surface area contributed by atoms with E-state index in [1.807, 2.05) is 50.2 Å². The average molecular weight is 466 g/mol. The molecule has 182 valence electrons. The van der Waals surface area contributed by atoms with E-state index >= 15 is 0 Å².